The molecule has 2 heterocycles. The first-order valence-electron chi connectivity index (χ1n) is 10.8. The highest BCUT2D eigenvalue weighted by atomic mass is 32.2. The molecule has 2 aliphatic rings. The van der Waals surface area contributed by atoms with Gasteiger partial charge in [-0.15, -0.1) is 0 Å². The van der Waals surface area contributed by atoms with Crippen molar-refractivity contribution in [1.82, 2.24) is 4.90 Å². The Kier molecular flexibility index (Phi) is 6.69. The minimum atomic E-state index is -0.523. The standard InChI is InChI=1S/C24H26N4O4S/c1-5-8-20-23(30)28-21(26-20)18-9-6-7-10-19(18)27-24(28)33-14(2)22(29)25-15-11-16(31-3)13-17(12-15)32-4/h6-7,9-14,20H,5,8H2,1-4H3,(H,25,29)/t14-,20+/m0/s1. The van der Waals surface area contributed by atoms with Crippen LogP contribution in [-0.2, 0) is 9.59 Å². The predicted octanol–water partition coefficient (Wildman–Crippen LogP) is 4.22. The smallest absolute Gasteiger partial charge is 0.259 e. The van der Waals surface area contributed by atoms with Crippen molar-refractivity contribution in [1.29, 1.82) is 0 Å². The van der Waals surface area contributed by atoms with Crippen LogP contribution in [0, 0.1) is 0 Å². The predicted molar refractivity (Wildman–Crippen MR) is 131 cm³/mol. The normalized spacial score (nSPS) is 17.5. The maximum atomic E-state index is 13.1. The van der Waals surface area contributed by atoms with Crippen LogP contribution in [0.1, 0.15) is 32.3 Å². The molecule has 2 aromatic carbocycles. The molecule has 0 unspecified atom stereocenters. The first kappa shape index (κ1) is 22.8. The van der Waals surface area contributed by atoms with Gasteiger partial charge in [0.15, 0.2) is 5.17 Å². The monoisotopic (exact) mass is 466 g/mol. The van der Waals surface area contributed by atoms with Gasteiger partial charge >= 0.3 is 0 Å². The molecule has 8 nitrogen and oxygen atoms in total. The second kappa shape index (κ2) is 9.66. The Labute approximate surface area is 197 Å². The second-order valence-corrected chi connectivity index (χ2v) is 9.00. The van der Waals surface area contributed by atoms with Crippen molar-refractivity contribution in [3.63, 3.8) is 0 Å². The molecule has 0 fully saturated rings. The minimum Gasteiger partial charge on any atom is -0.497 e. The highest BCUT2D eigenvalue weighted by molar-refractivity contribution is 8.15. The summed E-state index contributed by atoms with van der Waals surface area (Å²) < 4.78 is 10.5. The molecule has 2 aliphatic heterocycles. The van der Waals surface area contributed by atoms with Gasteiger partial charge in [0.2, 0.25) is 5.91 Å². The first-order valence-corrected chi connectivity index (χ1v) is 11.6. The fourth-order valence-electron chi connectivity index (χ4n) is 3.68. The zero-order valence-electron chi connectivity index (χ0n) is 19.0. The molecule has 172 valence electrons. The van der Waals surface area contributed by atoms with Gasteiger partial charge in [0, 0.05) is 29.4 Å². The largest absolute Gasteiger partial charge is 0.497 e. The van der Waals surface area contributed by atoms with Crippen LogP contribution in [0.25, 0.3) is 0 Å². The zero-order chi connectivity index (χ0) is 23.5. The van der Waals surface area contributed by atoms with E-state index in [1.807, 2.05) is 31.2 Å². The van der Waals surface area contributed by atoms with Crippen LogP contribution < -0.4 is 14.8 Å². The lowest BCUT2D eigenvalue weighted by Gasteiger charge is -2.27. The van der Waals surface area contributed by atoms with Crippen molar-refractivity contribution < 1.29 is 19.1 Å². The summed E-state index contributed by atoms with van der Waals surface area (Å²) in [6.07, 6.45) is 1.53. The summed E-state index contributed by atoms with van der Waals surface area (Å²) in [6.45, 7) is 3.81. The number of nitrogens with one attached hydrogen (secondary N) is 1. The van der Waals surface area contributed by atoms with E-state index >= 15 is 0 Å². The lowest BCUT2D eigenvalue weighted by molar-refractivity contribution is -0.124. The van der Waals surface area contributed by atoms with Crippen LogP contribution in [0.4, 0.5) is 11.4 Å². The number of aliphatic imine (C=N–C) groups is 2. The molecular weight excluding hydrogens is 440 g/mol. The lowest BCUT2D eigenvalue weighted by Crippen LogP contribution is -2.42. The summed E-state index contributed by atoms with van der Waals surface area (Å²) in [7, 11) is 3.10. The molecule has 1 N–H and O–H groups in total. The number of anilines is 1. The number of rotatable bonds is 7. The third-order valence-electron chi connectivity index (χ3n) is 5.38. The number of nitrogens with zero attached hydrogens (tertiary/aromatic N) is 3. The summed E-state index contributed by atoms with van der Waals surface area (Å²) in [5, 5.41) is 2.83. The number of thioether (sulfide) groups is 1. The molecule has 0 saturated heterocycles. The van der Waals surface area contributed by atoms with Crippen LogP contribution in [-0.4, -0.2) is 53.2 Å². The van der Waals surface area contributed by atoms with E-state index in [0.29, 0.717) is 34.6 Å². The Morgan fingerprint density at radius 3 is 2.55 bits per heavy atom. The number of para-hydroxylation sites is 1. The lowest BCUT2D eigenvalue weighted by atomic mass is 10.1. The maximum absolute atomic E-state index is 13.1. The van der Waals surface area contributed by atoms with E-state index in [-0.39, 0.29) is 11.8 Å². The topological polar surface area (TPSA) is 92.6 Å². The van der Waals surface area contributed by atoms with Gasteiger partial charge in [-0.05, 0) is 25.5 Å². The van der Waals surface area contributed by atoms with Crippen molar-refractivity contribution in [2.45, 2.75) is 38.0 Å². The van der Waals surface area contributed by atoms with Gasteiger partial charge in [0.25, 0.3) is 5.91 Å². The number of fused-ring (bicyclic) bond motifs is 3. The van der Waals surface area contributed by atoms with Crippen LogP contribution in [0.5, 0.6) is 11.5 Å². The fraction of sp³-hybridized carbons (Fsp3) is 0.333. The molecule has 9 heteroatoms. The van der Waals surface area contributed by atoms with Crippen LogP contribution in [0.3, 0.4) is 0 Å². The minimum absolute atomic E-state index is 0.0993. The summed E-state index contributed by atoms with van der Waals surface area (Å²) in [5.74, 6) is 1.42. The van der Waals surface area contributed by atoms with Crippen molar-refractivity contribution in [2.24, 2.45) is 9.98 Å². The van der Waals surface area contributed by atoms with Gasteiger partial charge in [-0.2, -0.15) is 0 Å². The highest BCUT2D eigenvalue weighted by Gasteiger charge is 2.41. The first-order chi connectivity index (χ1) is 15.9. The van der Waals surface area contributed by atoms with Crippen molar-refractivity contribution in [2.75, 3.05) is 19.5 Å². The Morgan fingerprint density at radius 2 is 1.88 bits per heavy atom. The van der Waals surface area contributed by atoms with E-state index in [2.05, 4.69) is 5.32 Å². The molecule has 0 aliphatic carbocycles. The zero-order valence-corrected chi connectivity index (χ0v) is 19.8. The Morgan fingerprint density at radius 1 is 1.18 bits per heavy atom. The molecule has 0 radical (unpaired) electrons. The Balaban J connectivity index is 1.57. The molecule has 0 aromatic heterocycles. The number of carbonyl (C=O) groups is 2. The van der Waals surface area contributed by atoms with E-state index in [1.54, 1.807) is 44.2 Å². The van der Waals surface area contributed by atoms with Crippen molar-refractivity contribution in [3.8, 4) is 11.5 Å². The van der Waals surface area contributed by atoms with Crippen LogP contribution in [0.15, 0.2) is 52.4 Å². The Bertz CT molecular complexity index is 1120. The average molecular weight is 467 g/mol. The van der Waals surface area contributed by atoms with Crippen LogP contribution >= 0.6 is 11.8 Å². The molecule has 2 amide bonds. The quantitative estimate of drug-likeness (QED) is 0.660. The molecule has 2 atom stereocenters. The molecule has 0 bridgehead atoms. The van der Waals surface area contributed by atoms with Gasteiger partial charge < -0.3 is 14.8 Å². The molecule has 2 aromatic rings. The van der Waals surface area contributed by atoms with E-state index in [9.17, 15) is 9.59 Å². The molecule has 33 heavy (non-hydrogen) atoms. The van der Waals surface area contributed by atoms with E-state index in [4.69, 9.17) is 19.5 Å². The second-order valence-electron chi connectivity index (χ2n) is 7.69. The summed E-state index contributed by atoms with van der Waals surface area (Å²) >= 11 is 1.23. The number of carbonyl (C=O) groups excluding carboxylic acids is 2. The highest BCUT2D eigenvalue weighted by Crippen LogP contribution is 2.35. The van der Waals surface area contributed by atoms with Gasteiger partial charge in [0.1, 0.15) is 23.4 Å². The number of methoxy groups -OCH3 is 2. The van der Waals surface area contributed by atoms with Crippen molar-refractivity contribution in [3.05, 3.63) is 48.0 Å². The maximum Gasteiger partial charge on any atom is 0.259 e. The number of hydrogen-bond acceptors (Lipinski definition) is 7. The summed E-state index contributed by atoms with van der Waals surface area (Å²) in [4.78, 5) is 37.1. The Hall–Kier alpha value is -3.33. The fourth-order valence-corrected chi connectivity index (χ4v) is 4.59. The molecule has 4 rings (SSSR count). The number of hydrogen-bond donors (Lipinski definition) is 1. The molecule has 0 saturated carbocycles. The third-order valence-corrected chi connectivity index (χ3v) is 6.43. The van der Waals surface area contributed by atoms with E-state index < -0.39 is 11.3 Å². The van der Waals surface area contributed by atoms with Gasteiger partial charge in [0.05, 0.1) is 25.2 Å². The molecular formula is C24H26N4O4S. The third kappa shape index (κ3) is 4.59. The van der Waals surface area contributed by atoms with E-state index in [1.165, 1.54) is 11.8 Å². The SMILES string of the molecule is CCC[C@H]1N=C2c3ccccc3N=C(S[C@@H](C)C(=O)Nc3cc(OC)cc(OC)c3)N2C1=O. The summed E-state index contributed by atoms with van der Waals surface area (Å²) in [6, 6.07) is 12.4. The number of amidine groups is 2. The molecule has 0 spiro atoms. The van der Waals surface area contributed by atoms with E-state index in [0.717, 1.165) is 17.7 Å². The number of benzene rings is 2. The number of amides is 2. The average Bonchev–Trinajstić information content (AvgIpc) is 3.15. The van der Waals surface area contributed by atoms with Crippen molar-refractivity contribution >= 4 is 46.0 Å². The van der Waals surface area contributed by atoms with Gasteiger partial charge in [-0.25, -0.2) is 9.89 Å². The van der Waals surface area contributed by atoms with Crippen LogP contribution in [0.2, 0.25) is 0 Å². The van der Waals surface area contributed by atoms with Gasteiger partial charge in [-0.3, -0.25) is 14.6 Å². The summed E-state index contributed by atoms with van der Waals surface area (Å²) in [5.41, 5.74) is 2.13. The number of ether oxygens (including phenoxy) is 2. The van der Waals surface area contributed by atoms with Gasteiger partial charge in [-0.1, -0.05) is 37.2 Å².